The van der Waals surface area contributed by atoms with Crippen molar-refractivity contribution in [1.82, 2.24) is 9.62 Å². The molecule has 1 heterocycles. The molecular weight excluding hydrogens is 312 g/mol. The molecule has 2 rings (SSSR count). The minimum atomic E-state index is -3.59. The zero-order valence-electron chi connectivity index (χ0n) is 14.3. The highest BCUT2D eigenvalue weighted by molar-refractivity contribution is 7.89. The Hall–Kier alpha value is -1.40. The Morgan fingerprint density at radius 3 is 2.30 bits per heavy atom. The molecule has 0 aromatic heterocycles. The molecule has 128 valence electrons. The van der Waals surface area contributed by atoms with E-state index in [4.69, 9.17) is 0 Å². The van der Waals surface area contributed by atoms with Gasteiger partial charge in [0.15, 0.2) is 0 Å². The van der Waals surface area contributed by atoms with E-state index in [-0.39, 0.29) is 22.6 Å². The Kier molecular flexibility index (Phi) is 5.47. The summed E-state index contributed by atoms with van der Waals surface area (Å²) in [4.78, 5) is 12.2. The summed E-state index contributed by atoms with van der Waals surface area (Å²) in [6.07, 6.45) is 0.739. The van der Waals surface area contributed by atoms with Crippen molar-refractivity contribution in [3.05, 3.63) is 29.3 Å². The van der Waals surface area contributed by atoms with Crippen LogP contribution in [0.5, 0.6) is 0 Å². The third-order valence-corrected chi connectivity index (χ3v) is 5.61. The van der Waals surface area contributed by atoms with Gasteiger partial charge in [-0.05, 0) is 36.0 Å². The Balaban J connectivity index is 2.40. The van der Waals surface area contributed by atoms with Gasteiger partial charge in [-0.1, -0.05) is 33.8 Å². The fraction of sp³-hybridized carbons (Fsp3) is 0.588. The normalized spacial score (nSPS) is 15.2. The van der Waals surface area contributed by atoms with Crippen molar-refractivity contribution in [2.45, 2.75) is 39.0 Å². The molecule has 0 fully saturated rings. The second-order valence-corrected chi connectivity index (χ2v) is 8.87. The van der Waals surface area contributed by atoms with E-state index in [2.05, 4.69) is 5.32 Å². The van der Waals surface area contributed by atoms with Gasteiger partial charge in [-0.15, -0.1) is 0 Å². The summed E-state index contributed by atoms with van der Waals surface area (Å²) < 4.78 is 27.5. The molecule has 5 nitrogen and oxygen atoms in total. The fourth-order valence-electron chi connectivity index (χ4n) is 2.79. The number of fused-ring (bicyclic) bond motifs is 1. The number of nitrogens with one attached hydrogen (secondary N) is 1. The van der Waals surface area contributed by atoms with Gasteiger partial charge >= 0.3 is 0 Å². The van der Waals surface area contributed by atoms with Crippen molar-refractivity contribution < 1.29 is 13.2 Å². The molecule has 1 amide bonds. The monoisotopic (exact) mass is 338 g/mol. The molecule has 0 saturated carbocycles. The lowest BCUT2D eigenvalue weighted by Gasteiger charge is -2.26. The lowest BCUT2D eigenvalue weighted by molar-refractivity contribution is 0.0945. The van der Waals surface area contributed by atoms with Gasteiger partial charge in [-0.2, -0.15) is 4.31 Å². The average molecular weight is 338 g/mol. The molecule has 6 heteroatoms. The molecule has 0 saturated heterocycles. The van der Waals surface area contributed by atoms with Gasteiger partial charge in [0.1, 0.15) is 0 Å². The maximum atomic E-state index is 13.0. The summed E-state index contributed by atoms with van der Waals surface area (Å²) in [6.45, 7) is 9.57. The zero-order chi connectivity index (χ0) is 17.2. The van der Waals surface area contributed by atoms with Gasteiger partial charge in [0, 0.05) is 25.2 Å². The molecule has 1 aliphatic rings. The molecule has 0 atom stereocenters. The second kappa shape index (κ2) is 7.01. The molecule has 0 bridgehead atoms. The standard InChI is InChI=1S/C17H26N2O3S/c1-12(2)10-19(11-13(3)4)23(21,22)15-6-5-14-7-8-18-17(20)16(14)9-15/h5-6,9,12-13H,7-8,10-11H2,1-4H3,(H,18,20). The first-order chi connectivity index (χ1) is 10.7. The smallest absolute Gasteiger partial charge is 0.251 e. The first-order valence-corrected chi connectivity index (χ1v) is 9.57. The second-order valence-electron chi connectivity index (χ2n) is 6.93. The highest BCUT2D eigenvalue weighted by Crippen LogP contribution is 2.23. The van der Waals surface area contributed by atoms with Gasteiger partial charge in [-0.3, -0.25) is 4.79 Å². The van der Waals surface area contributed by atoms with E-state index >= 15 is 0 Å². The molecule has 23 heavy (non-hydrogen) atoms. The lowest BCUT2D eigenvalue weighted by atomic mass is 10.0. The van der Waals surface area contributed by atoms with Crippen LogP contribution in [0.15, 0.2) is 23.1 Å². The summed E-state index contributed by atoms with van der Waals surface area (Å²) in [6, 6.07) is 4.91. The van der Waals surface area contributed by atoms with Gasteiger partial charge in [0.2, 0.25) is 10.0 Å². The van der Waals surface area contributed by atoms with Crippen molar-refractivity contribution in [3.8, 4) is 0 Å². The first-order valence-electron chi connectivity index (χ1n) is 8.13. The van der Waals surface area contributed by atoms with Gasteiger partial charge in [-0.25, -0.2) is 8.42 Å². The van der Waals surface area contributed by atoms with E-state index in [0.717, 1.165) is 12.0 Å². The quantitative estimate of drug-likeness (QED) is 0.865. The van der Waals surface area contributed by atoms with Gasteiger partial charge < -0.3 is 5.32 Å². The number of carbonyl (C=O) groups excluding carboxylic acids is 1. The highest BCUT2D eigenvalue weighted by atomic mass is 32.2. The summed E-state index contributed by atoms with van der Waals surface area (Å²) >= 11 is 0. The number of rotatable bonds is 6. The third kappa shape index (κ3) is 4.12. The van der Waals surface area contributed by atoms with E-state index in [1.54, 1.807) is 12.1 Å². The van der Waals surface area contributed by atoms with Crippen molar-refractivity contribution >= 4 is 15.9 Å². The van der Waals surface area contributed by atoms with Crippen molar-refractivity contribution in [2.75, 3.05) is 19.6 Å². The Morgan fingerprint density at radius 2 is 1.74 bits per heavy atom. The molecule has 0 spiro atoms. The third-order valence-electron chi connectivity index (χ3n) is 3.78. The number of sulfonamides is 1. The van der Waals surface area contributed by atoms with Gasteiger partial charge in [0.05, 0.1) is 4.90 Å². The van der Waals surface area contributed by atoms with Gasteiger partial charge in [0.25, 0.3) is 5.91 Å². The number of amides is 1. The maximum Gasteiger partial charge on any atom is 0.251 e. The molecule has 1 aliphatic heterocycles. The number of hydrogen-bond acceptors (Lipinski definition) is 3. The topological polar surface area (TPSA) is 66.5 Å². The Bertz CT molecular complexity index is 671. The average Bonchev–Trinajstić information content (AvgIpc) is 2.45. The van der Waals surface area contributed by atoms with E-state index in [9.17, 15) is 13.2 Å². The minimum Gasteiger partial charge on any atom is -0.352 e. The summed E-state index contributed by atoms with van der Waals surface area (Å²) in [5.74, 6) is 0.288. The van der Waals surface area contributed by atoms with Crippen LogP contribution in [0.3, 0.4) is 0 Å². The van der Waals surface area contributed by atoms with Crippen LogP contribution in [-0.4, -0.2) is 38.3 Å². The van der Waals surface area contributed by atoms with E-state index in [0.29, 0.717) is 25.2 Å². The SMILES string of the molecule is CC(C)CN(CC(C)C)S(=O)(=O)c1ccc2c(c1)C(=O)NCC2. The molecule has 0 unspecified atom stereocenters. The highest BCUT2D eigenvalue weighted by Gasteiger charge is 2.28. The van der Waals surface area contributed by atoms with Crippen molar-refractivity contribution in [1.29, 1.82) is 0 Å². The van der Waals surface area contributed by atoms with Crippen LogP contribution in [0, 0.1) is 11.8 Å². The Labute approximate surface area is 139 Å². The molecule has 1 aromatic rings. The molecule has 0 radical (unpaired) electrons. The van der Waals surface area contributed by atoms with Crippen LogP contribution >= 0.6 is 0 Å². The zero-order valence-corrected chi connectivity index (χ0v) is 15.1. The fourth-order valence-corrected chi connectivity index (χ4v) is 4.58. The number of hydrogen-bond donors (Lipinski definition) is 1. The predicted molar refractivity (Wildman–Crippen MR) is 90.9 cm³/mol. The molecular formula is C17H26N2O3S. The van der Waals surface area contributed by atoms with Crippen molar-refractivity contribution in [3.63, 3.8) is 0 Å². The summed E-state index contributed by atoms with van der Waals surface area (Å²) in [5, 5.41) is 2.76. The minimum absolute atomic E-state index is 0.192. The summed E-state index contributed by atoms with van der Waals surface area (Å²) in [7, 11) is -3.59. The van der Waals surface area contributed by atoms with Crippen LogP contribution in [0.4, 0.5) is 0 Å². The van der Waals surface area contributed by atoms with Crippen LogP contribution < -0.4 is 5.32 Å². The summed E-state index contributed by atoms with van der Waals surface area (Å²) in [5.41, 5.74) is 1.39. The van der Waals surface area contributed by atoms with E-state index in [1.807, 2.05) is 27.7 Å². The number of benzene rings is 1. The molecule has 1 N–H and O–H groups in total. The van der Waals surface area contributed by atoms with Crippen LogP contribution in [0.2, 0.25) is 0 Å². The van der Waals surface area contributed by atoms with E-state index in [1.165, 1.54) is 10.4 Å². The molecule has 1 aromatic carbocycles. The predicted octanol–water partition coefficient (Wildman–Crippen LogP) is 2.28. The van der Waals surface area contributed by atoms with Crippen LogP contribution in [0.1, 0.15) is 43.6 Å². The van der Waals surface area contributed by atoms with E-state index < -0.39 is 10.0 Å². The largest absolute Gasteiger partial charge is 0.352 e. The number of carbonyl (C=O) groups is 1. The van der Waals surface area contributed by atoms with Crippen LogP contribution in [-0.2, 0) is 16.4 Å². The number of nitrogens with zero attached hydrogens (tertiary/aromatic N) is 1. The Morgan fingerprint density at radius 1 is 1.13 bits per heavy atom. The molecule has 0 aliphatic carbocycles. The maximum absolute atomic E-state index is 13.0. The first kappa shape index (κ1) is 17.9. The van der Waals surface area contributed by atoms with Crippen LogP contribution in [0.25, 0.3) is 0 Å². The van der Waals surface area contributed by atoms with Crippen molar-refractivity contribution in [2.24, 2.45) is 11.8 Å². The lowest BCUT2D eigenvalue weighted by Crippen LogP contribution is -2.37.